The molecule has 2 heterocycles. The number of carbonyl (C=O) groups is 1. The summed E-state index contributed by atoms with van der Waals surface area (Å²) in [7, 11) is 1.33. The fourth-order valence-electron chi connectivity index (χ4n) is 2.39. The lowest BCUT2D eigenvalue weighted by atomic mass is 9.98. The number of aliphatic hydroxyl groups excluding tert-OH is 3. The standard InChI is InChI=1S/C12H21NO7/c1-18-12-11(17)10(16)9(15)7(20-12)6-13-3-5-19-4-2-8(13)14/h7,9-12,15-17H,2-6H2,1H3/t7-,9-,10+,11+,12+/m1/s1. The van der Waals surface area contributed by atoms with Gasteiger partial charge in [-0.15, -0.1) is 0 Å². The number of aliphatic hydroxyl groups is 3. The highest BCUT2D eigenvalue weighted by atomic mass is 16.7. The van der Waals surface area contributed by atoms with Crippen LogP contribution < -0.4 is 0 Å². The molecule has 8 nitrogen and oxygen atoms in total. The van der Waals surface area contributed by atoms with Gasteiger partial charge in [-0.3, -0.25) is 4.79 Å². The lowest BCUT2D eigenvalue weighted by Gasteiger charge is -2.41. The summed E-state index contributed by atoms with van der Waals surface area (Å²) in [4.78, 5) is 13.4. The lowest BCUT2D eigenvalue weighted by molar-refractivity contribution is -0.291. The highest BCUT2D eigenvalue weighted by Crippen LogP contribution is 2.22. The van der Waals surface area contributed by atoms with Gasteiger partial charge in [-0.1, -0.05) is 0 Å². The van der Waals surface area contributed by atoms with E-state index in [-0.39, 0.29) is 18.9 Å². The molecule has 0 spiro atoms. The summed E-state index contributed by atoms with van der Waals surface area (Å²) < 4.78 is 15.5. The second kappa shape index (κ2) is 6.79. The molecule has 2 aliphatic heterocycles. The monoisotopic (exact) mass is 291 g/mol. The first kappa shape index (κ1) is 15.6. The first-order valence-corrected chi connectivity index (χ1v) is 6.62. The number of rotatable bonds is 3. The number of hydrogen-bond donors (Lipinski definition) is 3. The maximum atomic E-state index is 11.9. The molecule has 2 rings (SSSR count). The molecule has 20 heavy (non-hydrogen) atoms. The van der Waals surface area contributed by atoms with E-state index in [1.807, 2.05) is 0 Å². The molecule has 3 N–H and O–H groups in total. The number of methoxy groups -OCH3 is 1. The summed E-state index contributed by atoms with van der Waals surface area (Å²) in [5.74, 6) is -0.0899. The number of carbonyl (C=O) groups excluding carboxylic acids is 1. The van der Waals surface area contributed by atoms with Gasteiger partial charge in [-0.2, -0.15) is 0 Å². The fourth-order valence-corrected chi connectivity index (χ4v) is 2.39. The van der Waals surface area contributed by atoms with E-state index in [1.54, 1.807) is 0 Å². The topological polar surface area (TPSA) is 109 Å². The molecule has 5 atom stereocenters. The zero-order valence-electron chi connectivity index (χ0n) is 11.3. The second-order valence-corrected chi connectivity index (χ2v) is 4.95. The van der Waals surface area contributed by atoms with Crippen LogP contribution in [-0.4, -0.2) is 90.2 Å². The van der Waals surface area contributed by atoms with E-state index in [0.717, 1.165) is 0 Å². The van der Waals surface area contributed by atoms with Crippen LogP contribution in [-0.2, 0) is 19.0 Å². The molecule has 0 aromatic rings. The van der Waals surface area contributed by atoms with Gasteiger partial charge in [0.2, 0.25) is 5.91 Å². The zero-order chi connectivity index (χ0) is 14.7. The van der Waals surface area contributed by atoms with Gasteiger partial charge in [0.25, 0.3) is 0 Å². The van der Waals surface area contributed by atoms with Crippen LogP contribution in [0.25, 0.3) is 0 Å². The zero-order valence-corrected chi connectivity index (χ0v) is 11.3. The Labute approximate surface area is 116 Å². The Morgan fingerprint density at radius 3 is 2.70 bits per heavy atom. The molecule has 0 saturated carbocycles. The predicted octanol–water partition coefficient (Wildman–Crippen LogP) is -2.31. The minimum Gasteiger partial charge on any atom is -0.388 e. The maximum absolute atomic E-state index is 11.9. The largest absolute Gasteiger partial charge is 0.388 e. The smallest absolute Gasteiger partial charge is 0.225 e. The average Bonchev–Trinajstić information content (AvgIpc) is 2.64. The van der Waals surface area contributed by atoms with Crippen LogP contribution in [0.4, 0.5) is 0 Å². The van der Waals surface area contributed by atoms with E-state index >= 15 is 0 Å². The van der Waals surface area contributed by atoms with Gasteiger partial charge in [0.05, 0.1) is 19.6 Å². The average molecular weight is 291 g/mol. The molecule has 0 aromatic carbocycles. The molecule has 0 unspecified atom stereocenters. The molecule has 2 aliphatic rings. The molecule has 1 amide bonds. The highest BCUT2D eigenvalue weighted by molar-refractivity contribution is 5.76. The minimum atomic E-state index is -1.38. The number of amides is 1. The van der Waals surface area contributed by atoms with Crippen molar-refractivity contribution in [3.8, 4) is 0 Å². The fraction of sp³-hybridized carbons (Fsp3) is 0.917. The second-order valence-electron chi connectivity index (χ2n) is 4.95. The van der Waals surface area contributed by atoms with E-state index in [0.29, 0.717) is 19.8 Å². The Balaban J connectivity index is 2.01. The molecule has 0 bridgehead atoms. The lowest BCUT2D eigenvalue weighted by Crippen LogP contribution is -2.60. The maximum Gasteiger partial charge on any atom is 0.225 e. The first-order chi connectivity index (χ1) is 9.54. The van der Waals surface area contributed by atoms with Gasteiger partial charge < -0.3 is 34.4 Å². The van der Waals surface area contributed by atoms with Crippen LogP contribution in [0.3, 0.4) is 0 Å². The Morgan fingerprint density at radius 2 is 2.00 bits per heavy atom. The molecular weight excluding hydrogens is 270 g/mol. The van der Waals surface area contributed by atoms with Crippen molar-refractivity contribution in [3.05, 3.63) is 0 Å². The van der Waals surface area contributed by atoms with Gasteiger partial charge in [-0.25, -0.2) is 0 Å². The van der Waals surface area contributed by atoms with Gasteiger partial charge in [0.1, 0.15) is 24.4 Å². The van der Waals surface area contributed by atoms with E-state index in [9.17, 15) is 20.1 Å². The van der Waals surface area contributed by atoms with Crippen molar-refractivity contribution in [2.75, 3.05) is 33.4 Å². The molecule has 8 heteroatoms. The van der Waals surface area contributed by atoms with Crippen molar-refractivity contribution in [1.29, 1.82) is 0 Å². The Morgan fingerprint density at radius 1 is 1.25 bits per heavy atom. The van der Waals surface area contributed by atoms with Gasteiger partial charge >= 0.3 is 0 Å². The summed E-state index contributed by atoms with van der Waals surface area (Å²) in [6.45, 7) is 1.33. The van der Waals surface area contributed by atoms with Crippen molar-refractivity contribution in [1.82, 2.24) is 4.90 Å². The number of nitrogens with zero attached hydrogens (tertiary/aromatic N) is 1. The third-order valence-corrected chi connectivity index (χ3v) is 3.62. The third kappa shape index (κ3) is 3.27. The van der Waals surface area contributed by atoms with Gasteiger partial charge in [-0.05, 0) is 0 Å². The Bertz CT molecular complexity index is 338. The molecular formula is C12H21NO7. The highest BCUT2D eigenvalue weighted by Gasteiger charge is 2.44. The van der Waals surface area contributed by atoms with Crippen LogP contribution in [0, 0.1) is 0 Å². The summed E-state index contributed by atoms with van der Waals surface area (Å²) in [6.07, 6.45) is -5.56. The molecule has 0 aromatic heterocycles. The summed E-state index contributed by atoms with van der Waals surface area (Å²) in [6, 6.07) is 0. The number of hydrogen-bond acceptors (Lipinski definition) is 7. The van der Waals surface area contributed by atoms with Crippen LogP contribution in [0.5, 0.6) is 0 Å². The van der Waals surface area contributed by atoms with E-state index in [4.69, 9.17) is 14.2 Å². The first-order valence-electron chi connectivity index (χ1n) is 6.62. The van der Waals surface area contributed by atoms with Crippen molar-refractivity contribution < 1.29 is 34.3 Å². The third-order valence-electron chi connectivity index (χ3n) is 3.62. The molecule has 2 saturated heterocycles. The Hall–Kier alpha value is -0.770. The van der Waals surface area contributed by atoms with Crippen LogP contribution >= 0.6 is 0 Å². The summed E-state index contributed by atoms with van der Waals surface area (Å²) in [5, 5.41) is 29.4. The van der Waals surface area contributed by atoms with E-state index in [1.165, 1.54) is 12.0 Å². The van der Waals surface area contributed by atoms with Crippen LogP contribution in [0.2, 0.25) is 0 Å². The summed E-state index contributed by atoms with van der Waals surface area (Å²) >= 11 is 0. The van der Waals surface area contributed by atoms with Crippen molar-refractivity contribution >= 4 is 5.91 Å². The number of ether oxygens (including phenoxy) is 3. The predicted molar refractivity (Wildman–Crippen MR) is 65.7 cm³/mol. The van der Waals surface area contributed by atoms with Crippen molar-refractivity contribution in [2.24, 2.45) is 0 Å². The van der Waals surface area contributed by atoms with E-state index < -0.39 is 30.7 Å². The van der Waals surface area contributed by atoms with Crippen molar-refractivity contribution in [3.63, 3.8) is 0 Å². The Kier molecular flexibility index (Phi) is 5.30. The molecule has 116 valence electrons. The van der Waals surface area contributed by atoms with Gasteiger partial charge in [0.15, 0.2) is 6.29 Å². The van der Waals surface area contributed by atoms with Crippen LogP contribution in [0.1, 0.15) is 6.42 Å². The molecule has 0 aliphatic carbocycles. The van der Waals surface area contributed by atoms with Gasteiger partial charge in [0, 0.05) is 20.2 Å². The summed E-state index contributed by atoms with van der Waals surface area (Å²) in [5.41, 5.74) is 0. The van der Waals surface area contributed by atoms with Crippen molar-refractivity contribution in [2.45, 2.75) is 37.1 Å². The SMILES string of the molecule is CO[C@H]1O[C@H](CN2CCOCCC2=O)[C@@H](O)[C@H](O)[C@@H]1O. The molecule has 0 radical (unpaired) electrons. The normalized spacial score (nSPS) is 39.7. The van der Waals surface area contributed by atoms with E-state index in [2.05, 4.69) is 0 Å². The minimum absolute atomic E-state index is 0.0899. The van der Waals surface area contributed by atoms with Crippen LogP contribution in [0.15, 0.2) is 0 Å². The molecule has 2 fully saturated rings. The quantitative estimate of drug-likeness (QED) is 0.536.